The summed E-state index contributed by atoms with van der Waals surface area (Å²) in [5.41, 5.74) is 4.90. The monoisotopic (exact) mass is 423 g/mol. The average molecular weight is 424 g/mol. The Kier molecular flexibility index (Phi) is 6.13. The van der Waals surface area contributed by atoms with Crippen LogP contribution in [-0.2, 0) is 14.3 Å². The molecular weight excluding hydrogens is 394 g/mol. The third-order valence-electron chi connectivity index (χ3n) is 5.74. The zero-order valence-corrected chi connectivity index (χ0v) is 18.3. The molecule has 2 heterocycles. The number of anilines is 2. The number of morpholine rings is 1. The van der Waals surface area contributed by atoms with Gasteiger partial charge in [0, 0.05) is 18.8 Å². The second-order valence-corrected chi connectivity index (χ2v) is 8.21. The molecule has 2 aromatic rings. The molecule has 0 aromatic heterocycles. The molecule has 0 radical (unpaired) electrons. The molecular formula is C24H29N3O4. The van der Waals surface area contributed by atoms with Gasteiger partial charge in [-0.15, -0.1) is 0 Å². The Hall–Kier alpha value is -3.06. The standard InChI is InChI=1S/C24H29N3O4/c1-16-12-17(2)23(18(3)13-16)25-22(28)15-27-14-21(24(29)26-8-10-30-11-9-26)31-20-7-5-4-6-19(20)27/h4-7,12-13,21H,8-11,14-15H2,1-3H3,(H,25,28)/t21-/m1/s1. The Labute approximate surface area is 182 Å². The van der Waals surface area contributed by atoms with Crippen molar-refractivity contribution in [1.29, 1.82) is 0 Å². The van der Waals surface area contributed by atoms with Crippen LogP contribution in [0.25, 0.3) is 0 Å². The normalized spacial score (nSPS) is 18.2. The summed E-state index contributed by atoms with van der Waals surface area (Å²) in [6.07, 6.45) is -0.649. The molecule has 1 fully saturated rings. The molecule has 164 valence electrons. The molecule has 2 aliphatic heterocycles. The number of para-hydroxylation sites is 2. The van der Waals surface area contributed by atoms with E-state index >= 15 is 0 Å². The number of rotatable bonds is 4. The van der Waals surface area contributed by atoms with E-state index in [0.29, 0.717) is 38.6 Å². The van der Waals surface area contributed by atoms with Crippen molar-refractivity contribution in [2.24, 2.45) is 0 Å². The highest BCUT2D eigenvalue weighted by atomic mass is 16.5. The first-order valence-corrected chi connectivity index (χ1v) is 10.7. The van der Waals surface area contributed by atoms with Gasteiger partial charge in [-0.2, -0.15) is 0 Å². The highest BCUT2D eigenvalue weighted by molar-refractivity contribution is 5.96. The van der Waals surface area contributed by atoms with Crippen molar-refractivity contribution in [3.05, 3.63) is 53.1 Å². The molecule has 0 spiro atoms. The number of carbonyl (C=O) groups is 2. The lowest BCUT2D eigenvalue weighted by molar-refractivity contribution is -0.142. The van der Waals surface area contributed by atoms with Crippen LogP contribution in [0.4, 0.5) is 11.4 Å². The Bertz CT molecular complexity index is 962. The second-order valence-electron chi connectivity index (χ2n) is 8.21. The van der Waals surface area contributed by atoms with Crippen LogP contribution < -0.4 is 15.0 Å². The van der Waals surface area contributed by atoms with Crippen molar-refractivity contribution in [3.63, 3.8) is 0 Å². The van der Waals surface area contributed by atoms with Gasteiger partial charge in [0.1, 0.15) is 5.75 Å². The lowest BCUT2D eigenvalue weighted by atomic mass is 10.1. The van der Waals surface area contributed by atoms with Gasteiger partial charge in [-0.25, -0.2) is 0 Å². The number of nitrogens with zero attached hydrogens (tertiary/aromatic N) is 2. The first kappa shape index (κ1) is 21.2. The summed E-state index contributed by atoms with van der Waals surface area (Å²) in [6, 6.07) is 11.7. The number of hydrogen-bond acceptors (Lipinski definition) is 5. The second kappa shape index (κ2) is 8.98. The van der Waals surface area contributed by atoms with Crippen LogP contribution in [-0.4, -0.2) is 62.2 Å². The number of fused-ring (bicyclic) bond motifs is 1. The van der Waals surface area contributed by atoms with E-state index in [0.717, 1.165) is 22.5 Å². The lowest BCUT2D eigenvalue weighted by Crippen LogP contribution is -2.53. The zero-order chi connectivity index (χ0) is 22.0. The van der Waals surface area contributed by atoms with Gasteiger partial charge in [0.2, 0.25) is 5.91 Å². The largest absolute Gasteiger partial charge is 0.477 e. The van der Waals surface area contributed by atoms with Crippen molar-refractivity contribution < 1.29 is 19.1 Å². The van der Waals surface area contributed by atoms with Gasteiger partial charge in [0.15, 0.2) is 6.10 Å². The Morgan fingerprint density at radius 2 is 1.74 bits per heavy atom. The fourth-order valence-electron chi connectivity index (χ4n) is 4.30. The van der Waals surface area contributed by atoms with Crippen molar-refractivity contribution in [2.75, 3.05) is 49.6 Å². The van der Waals surface area contributed by atoms with Crippen molar-refractivity contribution in [1.82, 2.24) is 4.90 Å². The molecule has 2 amide bonds. The van der Waals surface area contributed by atoms with E-state index in [-0.39, 0.29) is 18.4 Å². The maximum atomic E-state index is 13.0. The number of ether oxygens (including phenoxy) is 2. The van der Waals surface area contributed by atoms with Crippen molar-refractivity contribution in [2.45, 2.75) is 26.9 Å². The Morgan fingerprint density at radius 3 is 2.45 bits per heavy atom. The van der Waals surface area contributed by atoms with Gasteiger partial charge in [0.25, 0.3) is 5.91 Å². The van der Waals surface area contributed by atoms with E-state index in [1.165, 1.54) is 5.56 Å². The molecule has 1 N–H and O–H groups in total. The smallest absolute Gasteiger partial charge is 0.265 e. The van der Waals surface area contributed by atoms with Gasteiger partial charge in [-0.1, -0.05) is 29.8 Å². The van der Waals surface area contributed by atoms with Crippen LogP contribution in [0.5, 0.6) is 5.75 Å². The molecule has 4 rings (SSSR count). The maximum Gasteiger partial charge on any atom is 0.265 e. The summed E-state index contributed by atoms with van der Waals surface area (Å²) in [5.74, 6) is 0.439. The fraction of sp³-hybridized carbons (Fsp3) is 0.417. The molecule has 0 aliphatic carbocycles. The topological polar surface area (TPSA) is 71.1 Å². The molecule has 2 aliphatic rings. The predicted octanol–water partition coefficient (Wildman–Crippen LogP) is 2.68. The van der Waals surface area contributed by atoms with Gasteiger partial charge in [-0.05, 0) is 44.0 Å². The molecule has 0 saturated carbocycles. The molecule has 1 atom stereocenters. The van der Waals surface area contributed by atoms with Crippen LogP contribution in [0.15, 0.2) is 36.4 Å². The van der Waals surface area contributed by atoms with E-state index in [2.05, 4.69) is 17.4 Å². The van der Waals surface area contributed by atoms with Crippen LogP contribution in [0.3, 0.4) is 0 Å². The minimum absolute atomic E-state index is 0.0616. The zero-order valence-electron chi connectivity index (χ0n) is 18.3. The Balaban J connectivity index is 1.51. The average Bonchev–Trinajstić information content (AvgIpc) is 2.76. The molecule has 0 unspecified atom stereocenters. The first-order valence-electron chi connectivity index (χ1n) is 10.7. The molecule has 7 heteroatoms. The number of nitrogens with one attached hydrogen (secondary N) is 1. The third-order valence-corrected chi connectivity index (χ3v) is 5.74. The minimum atomic E-state index is -0.649. The summed E-state index contributed by atoms with van der Waals surface area (Å²) < 4.78 is 11.4. The Morgan fingerprint density at radius 1 is 1.06 bits per heavy atom. The molecule has 2 aromatic carbocycles. The van der Waals surface area contributed by atoms with E-state index < -0.39 is 6.10 Å². The van der Waals surface area contributed by atoms with Crippen LogP contribution in [0.2, 0.25) is 0 Å². The summed E-state index contributed by atoms with van der Waals surface area (Å²) in [6.45, 7) is 8.70. The number of aryl methyl sites for hydroxylation is 3. The predicted molar refractivity (Wildman–Crippen MR) is 120 cm³/mol. The van der Waals surface area contributed by atoms with Crippen LogP contribution >= 0.6 is 0 Å². The third kappa shape index (κ3) is 4.66. The molecule has 7 nitrogen and oxygen atoms in total. The number of carbonyl (C=O) groups excluding carboxylic acids is 2. The van der Waals surface area contributed by atoms with E-state index in [1.54, 1.807) is 4.90 Å². The van der Waals surface area contributed by atoms with Gasteiger partial charge < -0.3 is 24.6 Å². The van der Waals surface area contributed by atoms with Crippen molar-refractivity contribution >= 4 is 23.2 Å². The quantitative estimate of drug-likeness (QED) is 0.819. The number of amides is 2. The summed E-state index contributed by atoms with van der Waals surface area (Å²) >= 11 is 0. The molecule has 31 heavy (non-hydrogen) atoms. The van der Waals surface area contributed by atoms with Gasteiger partial charge >= 0.3 is 0 Å². The van der Waals surface area contributed by atoms with E-state index in [1.807, 2.05) is 49.9 Å². The maximum absolute atomic E-state index is 13.0. The van der Waals surface area contributed by atoms with Crippen LogP contribution in [0.1, 0.15) is 16.7 Å². The van der Waals surface area contributed by atoms with E-state index in [4.69, 9.17) is 9.47 Å². The number of hydrogen-bond donors (Lipinski definition) is 1. The highest BCUT2D eigenvalue weighted by Gasteiger charge is 2.34. The molecule has 0 bridgehead atoms. The van der Waals surface area contributed by atoms with Gasteiger partial charge in [-0.3, -0.25) is 9.59 Å². The van der Waals surface area contributed by atoms with Crippen molar-refractivity contribution in [3.8, 4) is 5.75 Å². The fourth-order valence-corrected chi connectivity index (χ4v) is 4.30. The first-order chi connectivity index (χ1) is 14.9. The van der Waals surface area contributed by atoms with Crippen LogP contribution in [0, 0.1) is 20.8 Å². The highest BCUT2D eigenvalue weighted by Crippen LogP contribution is 2.33. The summed E-state index contributed by atoms with van der Waals surface area (Å²) in [4.78, 5) is 29.7. The minimum Gasteiger partial charge on any atom is -0.477 e. The van der Waals surface area contributed by atoms with E-state index in [9.17, 15) is 9.59 Å². The SMILES string of the molecule is Cc1cc(C)c(NC(=O)CN2C[C@H](C(=O)N3CCOCC3)Oc3ccccc32)c(C)c1. The molecule has 1 saturated heterocycles. The summed E-state index contributed by atoms with van der Waals surface area (Å²) in [5, 5.41) is 3.06. The summed E-state index contributed by atoms with van der Waals surface area (Å²) in [7, 11) is 0. The number of benzene rings is 2. The lowest BCUT2D eigenvalue weighted by Gasteiger charge is -2.38. The van der Waals surface area contributed by atoms with Gasteiger partial charge in [0.05, 0.1) is 32.0 Å².